The maximum Gasteiger partial charge on any atom is 0.243 e. The van der Waals surface area contributed by atoms with Crippen molar-refractivity contribution in [1.82, 2.24) is 4.31 Å². The van der Waals surface area contributed by atoms with Gasteiger partial charge >= 0.3 is 0 Å². The zero-order valence-electron chi connectivity index (χ0n) is 11.7. The molecule has 7 heteroatoms. The summed E-state index contributed by atoms with van der Waals surface area (Å²) in [5, 5.41) is 9.45. The molecule has 0 amide bonds. The lowest BCUT2D eigenvalue weighted by molar-refractivity contribution is -0.0586. The van der Waals surface area contributed by atoms with Crippen LogP contribution >= 0.6 is 0 Å². The molecule has 2 unspecified atom stereocenters. The van der Waals surface area contributed by atoms with E-state index in [0.29, 0.717) is 13.2 Å². The predicted molar refractivity (Wildman–Crippen MR) is 78.4 cm³/mol. The number of anilines is 1. The number of aromatic hydroxyl groups is 1. The summed E-state index contributed by atoms with van der Waals surface area (Å²) in [6, 6.07) is 3.94. The van der Waals surface area contributed by atoms with Crippen molar-refractivity contribution in [1.29, 1.82) is 0 Å². The Kier molecular flexibility index (Phi) is 3.81. The van der Waals surface area contributed by atoms with E-state index in [-0.39, 0.29) is 28.5 Å². The van der Waals surface area contributed by atoms with Gasteiger partial charge in [0.1, 0.15) is 5.75 Å². The highest BCUT2D eigenvalue weighted by molar-refractivity contribution is 7.89. The van der Waals surface area contributed by atoms with Gasteiger partial charge in [0.05, 0.1) is 29.3 Å². The summed E-state index contributed by atoms with van der Waals surface area (Å²) in [6.45, 7) is 0.790. The third-order valence-electron chi connectivity index (χ3n) is 4.29. The molecule has 21 heavy (non-hydrogen) atoms. The van der Waals surface area contributed by atoms with Crippen LogP contribution in [0, 0.1) is 0 Å². The molecule has 0 spiro atoms. The second kappa shape index (κ2) is 5.47. The molecule has 2 fully saturated rings. The first-order valence-electron chi connectivity index (χ1n) is 7.22. The van der Waals surface area contributed by atoms with Gasteiger partial charge in [0.15, 0.2) is 0 Å². The Balaban J connectivity index is 1.94. The number of benzene rings is 1. The van der Waals surface area contributed by atoms with Crippen molar-refractivity contribution < 1.29 is 18.3 Å². The van der Waals surface area contributed by atoms with E-state index in [0.717, 1.165) is 25.7 Å². The molecule has 0 bridgehead atoms. The van der Waals surface area contributed by atoms with E-state index in [1.54, 1.807) is 4.31 Å². The molecule has 1 saturated carbocycles. The van der Waals surface area contributed by atoms with Crippen molar-refractivity contribution in [2.75, 3.05) is 18.9 Å². The van der Waals surface area contributed by atoms with Crippen LogP contribution in [-0.4, -0.2) is 43.1 Å². The van der Waals surface area contributed by atoms with Gasteiger partial charge in [-0.05, 0) is 31.0 Å². The van der Waals surface area contributed by atoms with E-state index in [9.17, 15) is 13.5 Å². The standard InChI is InChI=1S/C14H20N2O4S/c15-11-9-10(5-6-13(11)17)21(18,19)16-7-8-20-14-4-2-1-3-12(14)16/h5-6,9,12,14,17H,1-4,7-8,15H2. The molecule has 1 aliphatic carbocycles. The normalized spacial score (nSPS) is 27.2. The first-order valence-corrected chi connectivity index (χ1v) is 8.66. The SMILES string of the molecule is Nc1cc(S(=O)(=O)N2CCOC3CCCCC32)ccc1O. The number of nitrogen functional groups attached to an aromatic ring is 1. The van der Waals surface area contributed by atoms with Gasteiger partial charge < -0.3 is 15.6 Å². The van der Waals surface area contributed by atoms with Gasteiger partial charge in [0.2, 0.25) is 10.0 Å². The van der Waals surface area contributed by atoms with Crippen molar-refractivity contribution in [2.45, 2.75) is 42.7 Å². The monoisotopic (exact) mass is 312 g/mol. The van der Waals surface area contributed by atoms with E-state index >= 15 is 0 Å². The minimum Gasteiger partial charge on any atom is -0.506 e. The number of phenols is 1. The maximum absolute atomic E-state index is 12.8. The van der Waals surface area contributed by atoms with Crippen molar-refractivity contribution >= 4 is 15.7 Å². The lowest BCUT2D eigenvalue weighted by Gasteiger charge is -2.42. The van der Waals surface area contributed by atoms with Crippen LogP contribution in [0.5, 0.6) is 5.75 Å². The molecule has 1 aromatic carbocycles. The number of rotatable bonds is 2. The predicted octanol–water partition coefficient (Wildman–Crippen LogP) is 1.31. The van der Waals surface area contributed by atoms with Gasteiger partial charge in [-0.3, -0.25) is 0 Å². The molecule has 0 radical (unpaired) electrons. The van der Waals surface area contributed by atoms with E-state index in [1.165, 1.54) is 18.2 Å². The van der Waals surface area contributed by atoms with Crippen LogP contribution in [0.1, 0.15) is 25.7 Å². The van der Waals surface area contributed by atoms with Crippen LogP contribution in [0.15, 0.2) is 23.1 Å². The van der Waals surface area contributed by atoms with Gasteiger partial charge in [-0.2, -0.15) is 4.31 Å². The molecule has 3 rings (SSSR count). The lowest BCUT2D eigenvalue weighted by atomic mass is 9.91. The summed E-state index contributed by atoms with van der Waals surface area (Å²) in [6.07, 6.45) is 3.85. The molecular formula is C14H20N2O4S. The molecular weight excluding hydrogens is 292 g/mol. The van der Waals surface area contributed by atoms with Crippen molar-refractivity contribution in [3.05, 3.63) is 18.2 Å². The van der Waals surface area contributed by atoms with Crippen molar-refractivity contribution in [2.24, 2.45) is 0 Å². The summed E-state index contributed by atoms with van der Waals surface area (Å²) >= 11 is 0. The van der Waals surface area contributed by atoms with Crippen LogP contribution in [0.25, 0.3) is 0 Å². The highest BCUT2D eigenvalue weighted by Gasteiger charge is 2.40. The number of fused-ring (bicyclic) bond motifs is 1. The first kappa shape index (κ1) is 14.6. The molecule has 116 valence electrons. The average Bonchev–Trinajstić information content (AvgIpc) is 2.49. The van der Waals surface area contributed by atoms with Crippen molar-refractivity contribution in [3.8, 4) is 5.75 Å². The number of sulfonamides is 1. The summed E-state index contributed by atoms with van der Waals surface area (Å²) in [5.41, 5.74) is 5.69. The van der Waals surface area contributed by atoms with Crippen LogP contribution in [0.2, 0.25) is 0 Å². The number of morpholine rings is 1. The lowest BCUT2D eigenvalue weighted by Crippen LogP contribution is -2.54. The maximum atomic E-state index is 12.8. The summed E-state index contributed by atoms with van der Waals surface area (Å²) in [7, 11) is -3.61. The van der Waals surface area contributed by atoms with Crippen LogP contribution in [0.4, 0.5) is 5.69 Å². The van der Waals surface area contributed by atoms with E-state index < -0.39 is 10.0 Å². The highest BCUT2D eigenvalue weighted by atomic mass is 32.2. The molecule has 3 N–H and O–H groups in total. The van der Waals surface area contributed by atoms with Gasteiger partial charge in [-0.1, -0.05) is 12.8 Å². The second-order valence-electron chi connectivity index (χ2n) is 5.60. The van der Waals surface area contributed by atoms with Crippen LogP contribution in [0.3, 0.4) is 0 Å². The molecule has 2 atom stereocenters. The Morgan fingerprint density at radius 2 is 2.05 bits per heavy atom. The fourth-order valence-electron chi connectivity index (χ4n) is 3.19. The zero-order chi connectivity index (χ0) is 15.0. The third kappa shape index (κ3) is 2.61. The Bertz CT molecular complexity index is 630. The molecule has 0 aromatic heterocycles. The molecule has 1 saturated heterocycles. The minimum atomic E-state index is -3.61. The summed E-state index contributed by atoms with van der Waals surface area (Å²) in [5.74, 6) is -0.105. The average molecular weight is 312 g/mol. The molecule has 1 aliphatic heterocycles. The Morgan fingerprint density at radius 1 is 1.29 bits per heavy atom. The van der Waals surface area contributed by atoms with Crippen molar-refractivity contribution in [3.63, 3.8) is 0 Å². The Hall–Kier alpha value is -1.31. The fraction of sp³-hybridized carbons (Fsp3) is 0.571. The number of phenolic OH excluding ortho intramolecular Hbond substituents is 1. The van der Waals surface area contributed by atoms with Gasteiger partial charge in [-0.15, -0.1) is 0 Å². The van der Waals surface area contributed by atoms with Gasteiger partial charge in [-0.25, -0.2) is 8.42 Å². The number of nitrogens with zero attached hydrogens (tertiary/aromatic N) is 1. The number of hydrogen-bond donors (Lipinski definition) is 2. The molecule has 6 nitrogen and oxygen atoms in total. The fourth-order valence-corrected chi connectivity index (χ4v) is 4.89. The highest BCUT2D eigenvalue weighted by Crippen LogP contribution is 2.33. The summed E-state index contributed by atoms with van der Waals surface area (Å²) in [4.78, 5) is 0.129. The Morgan fingerprint density at radius 3 is 2.81 bits per heavy atom. The molecule has 1 aromatic rings. The van der Waals surface area contributed by atoms with E-state index in [1.807, 2.05) is 0 Å². The number of nitrogens with two attached hydrogens (primary N) is 1. The van der Waals surface area contributed by atoms with Crippen LogP contribution in [-0.2, 0) is 14.8 Å². The van der Waals surface area contributed by atoms with Gasteiger partial charge in [0, 0.05) is 6.54 Å². The third-order valence-corrected chi connectivity index (χ3v) is 6.21. The molecule has 2 aliphatic rings. The minimum absolute atomic E-state index is 0.00302. The first-order chi connectivity index (χ1) is 10.00. The van der Waals surface area contributed by atoms with Gasteiger partial charge in [0.25, 0.3) is 0 Å². The Labute approximate surface area is 124 Å². The quantitative estimate of drug-likeness (QED) is 0.634. The molecule has 1 heterocycles. The number of ether oxygens (including phenoxy) is 1. The van der Waals surface area contributed by atoms with Crippen LogP contribution < -0.4 is 5.73 Å². The smallest absolute Gasteiger partial charge is 0.243 e. The second-order valence-corrected chi connectivity index (χ2v) is 7.49. The van der Waals surface area contributed by atoms with E-state index in [2.05, 4.69) is 0 Å². The summed E-state index contributed by atoms with van der Waals surface area (Å²) < 4.78 is 32.9. The largest absolute Gasteiger partial charge is 0.506 e. The zero-order valence-corrected chi connectivity index (χ0v) is 12.6. The van der Waals surface area contributed by atoms with E-state index in [4.69, 9.17) is 10.5 Å². The number of hydrogen-bond acceptors (Lipinski definition) is 5. The topological polar surface area (TPSA) is 92.9 Å².